The van der Waals surface area contributed by atoms with Crippen LogP contribution in [0.15, 0.2) is 12.7 Å². The van der Waals surface area contributed by atoms with E-state index in [-0.39, 0.29) is 0 Å². The Bertz CT molecular complexity index is 113. The standard InChI is InChI=1S/C7H17NO2Si/c1-4-7-11(8,9-5-2)10-6-3/h4H,1,5-8H2,2-3H3. The van der Waals surface area contributed by atoms with Gasteiger partial charge in [0.1, 0.15) is 0 Å². The van der Waals surface area contributed by atoms with Crippen LogP contribution in [-0.4, -0.2) is 21.9 Å². The second kappa shape index (κ2) is 5.48. The molecule has 0 unspecified atom stereocenters. The smallest absolute Gasteiger partial charge is 0.383 e. The molecule has 0 aliphatic carbocycles. The molecule has 66 valence electrons. The maximum absolute atomic E-state index is 5.85. The first-order chi connectivity index (χ1) is 5.18. The van der Waals surface area contributed by atoms with Crippen molar-refractivity contribution in [1.82, 2.24) is 0 Å². The highest BCUT2D eigenvalue weighted by atomic mass is 28.4. The fraction of sp³-hybridized carbons (Fsp3) is 0.714. The van der Waals surface area contributed by atoms with E-state index in [2.05, 4.69) is 6.58 Å². The Morgan fingerprint density at radius 3 is 2.09 bits per heavy atom. The van der Waals surface area contributed by atoms with Crippen LogP contribution in [0.2, 0.25) is 6.04 Å². The van der Waals surface area contributed by atoms with Crippen molar-refractivity contribution in [3.63, 3.8) is 0 Å². The molecular weight excluding hydrogens is 158 g/mol. The van der Waals surface area contributed by atoms with Gasteiger partial charge in [0.05, 0.1) is 0 Å². The Morgan fingerprint density at radius 1 is 1.36 bits per heavy atom. The third-order valence-corrected chi connectivity index (χ3v) is 3.62. The van der Waals surface area contributed by atoms with Crippen LogP contribution in [0.1, 0.15) is 13.8 Å². The van der Waals surface area contributed by atoms with Gasteiger partial charge in [0.25, 0.3) is 0 Å². The van der Waals surface area contributed by atoms with Gasteiger partial charge in [-0.3, -0.25) is 0 Å². The van der Waals surface area contributed by atoms with Crippen LogP contribution in [0.25, 0.3) is 0 Å². The summed E-state index contributed by atoms with van der Waals surface area (Å²) < 4.78 is 10.7. The molecule has 11 heavy (non-hydrogen) atoms. The minimum absolute atomic E-state index is 0.608. The van der Waals surface area contributed by atoms with Crippen molar-refractivity contribution in [2.75, 3.05) is 13.2 Å². The number of rotatable bonds is 6. The lowest BCUT2D eigenvalue weighted by Crippen LogP contribution is -2.51. The van der Waals surface area contributed by atoms with E-state index in [0.29, 0.717) is 19.3 Å². The molecule has 0 aromatic rings. The lowest BCUT2D eigenvalue weighted by atomic mass is 10.8. The zero-order valence-electron chi connectivity index (χ0n) is 7.30. The molecule has 0 aliphatic heterocycles. The van der Waals surface area contributed by atoms with Crippen molar-refractivity contribution in [2.45, 2.75) is 19.9 Å². The van der Waals surface area contributed by atoms with E-state index in [4.69, 9.17) is 14.3 Å². The Labute approximate surface area is 69.5 Å². The zero-order chi connectivity index (χ0) is 8.74. The van der Waals surface area contributed by atoms with Crippen LogP contribution in [0.5, 0.6) is 0 Å². The number of nitrogens with two attached hydrogens (primary N) is 1. The third kappa shape index (κ3) is 4.31. The molecule has 0 fully saturated rings. The zero-order valence-corrected chi connectivity index (χ0v) is 8.30. The van der Waals surface area contributed by atoms with Gasteiger partial charge >= 0.3 is 8.72 Å². The third-order valence-electron chi connectivity index (χ3n) is 1.21. The average Bonchev–Trinajstić information content (AvgIpc) is 1.88. The molecule has 0 amide bonds. The predicted octanol–water partition coefficient (Wildman–Crippen LogP) is 1.14. The lowest BCUT2D eigenvalue weighted by Gasteiger charge is -2.23. The average molecular weight is 175 g/mol. The summed E-state index contributed by atoms with van der Waals surface area (Å²) in [6, 6.07) is 0.648. The second-order valence-corrected chi connectivity index (χ2v) is 4.78. The van der Waals surface area contributed by atoms with Gasteiger partial charge < -0.3 is 14.3 Å². The van der Waals surface area contributed by atoms with Crippen molar-refractivity contribution in [3.05, 3.63) is 12.7 Å². The predicted molar refractivity (Wildman–Crippen MR) is 48.2 cm³/mol. The van der Waals surface area contributed by atoms with E-state index in [1.807, 2.05) is 13.8 Å². The first kappa shape index (κ1) is 10.8. The van der Waals surface area contributed by atoms with E-state index in [1.54, 1.807) is 6.08 Å². The Kier molecular flexibility index (Phi) is 5.40. The minimum Gasteiger partial charge on any atom is -0.383 e. The van der Waals surface area contributed by atoms with Crippen LogP contribution < -0.4 is 5.40 Å². The molecule has 4 heteroatoms. The van der Waals surface area contributed by atoms with Crippen LogP contribution in [0.4, 0.5) is 0 Å². The molecule has 0 heterocycles. The summed E-state index contributed by atoms with van der Waals surface area (Å²) >= 11 is 0. The van der Waals surface area contributed by atoms with Crippen molar-refractivity contribution in [1.29, 1.82) is 0 Å². The normalized spacial score (nSPS) is 11.5. The summed E-state index contributed by atoms with van der Waals surface area (Å²) in [6.07, 6.45) is 1.75. The van der Waals surface area contributed by atoms with Crippen molar-refractivity contribution in [3.8, 4) is 0 Å². The van der Waals surface area contributed by atoms with Gasteiger partial charge in [-0.25, -0.2) is 0 Å². The van der Waals surface area contributed by atoms with Gasteiger partial charge in [0.2, 0.25) is 0 Å². The maximum Gasteiger partial charge on any atom is 0.426 e. The molecule has 0 rings (SSSR count). The van der Waals surface area contributed by atoms with Gasteiger partial charge in [0.15, 0.2) is 0 Å². The second-order valence-electron chi connectivity index (χ2n) is 2.17. The van der Waals surface area contributed by atoms with Crippen molar-refractivity contribution < 1.29 is 8.85 Å². The fourth-order valence-electron chi connectivity index (χ4n) is 0.849. The first-order valence-electron chi connectivity index (χ1n) is 3.86. The Hall–Kier alpha value is -0.163. The van der Waals surface area contributed by atoms with Crippen molar-refractivity contribution in [2.24, 2.45) is 5.40 Å². The van der Waals surface area contributed by atoms with Crippen molar-refractivity contribution >= 4 is 8.72 Å². The fourth-order valence-corrected chi connectivity index (χ4v) is 2.55. The van der Waals surface area contributed by atoms with Gasteiger partial charge in [-0.05, 0) is 13.8 Å². The van der Waals surface area contributed by atoms with Gasteiger partial charge in [-0.2, -0.15) is 0 Å². The number of hydrogen-bond acceptors (Lipinski definition) is 3. The lowest BCUT2D eigenvalue weighted by molar-refractivity contribution is 0.186. The van der Waals surface area contributed by atoms with Crippen LogP contribution >= 0.6 is 0 Å². The topological polar surface area (TPSA) is 44.5 Å². The summed E-state index contributed by atoms with van der Waals surface area (Å²) in [5.41, 5.74) is 0. The molecule has 0 aliphatic rings. The van der Waals surface area contributed by atoms with Crippen LogP contribution in [0, 0.1) is 0 Å². The molecule has 2 N–H and O–H groups in total. The van der Waals surface area contributed by atoms with E-state index >= 15 is 0 Å². The summed E-state index contributed by atoms with van der Waals surface area (Å²) in [6.45, 7) is 8.65. The molecule has 0 aromatic heterocycles. The molecule has 0 spiro atoms. The molecule has 0 radical (unpaired) electrons. The molecular formula is C7H17NO2Si. The summed E-state index contributed by atoms with van der Waals surface area (Å²) in [5, 5.41) is 5.85. The Morgan fingerprint density at radius 2 is 1.82 bits per heavy atom. The molecule has 0 saturated carbocycles. The highest BCUT2D eigenvalue weighted by molar-refractivity contribution is 6.64. The summed E-state index contributed by atoms with van der Waals surface area (Å²) in [7, 11) is -2.37. The highest BCUT2D eigenvalue weighted by Crippen LogP contribution is 2.06. The Balaban J connectivity index is 3.88. The first-order valence-corrected chi connectivity index (χ1v) is 5.96. The van der Waals surface area contributed by atoms with E-state index < -0.39 is 8.72 Å². The molecule has 0 atom stereocenters. The highest BCUT2D eigenvalue weighted by Gasteiger charge is 2.30. The monoisotopic (exact) mass is 175 g/mol. The van der Waals surface area contributed by atoms with E-state index in [1.165, 1.54) is 0 Å². The number of allylic oxidation sites excluding steroid dienone is 1. The van der Waals surface area contributed by atoms with Gasteiger partial charge in [-0.1, -0.05) is 6.08 Å². The van der Waals surface area contributed by atoms with E-state index in [0.717, 1.165) is 0 Å². The maximum atomic E-state index is 5.85. The quantitative estimate of drug-likeness (QED) is 0.486. The summed E-state index contributed by atoms with van der Waals surface area (Å²) in [4.78, 5) is 0. The van der Waals surface area contributed by atoms with E-state index in [9.17, 15) is 0 Å². The minimum atomic E-state index is -2.37. The molecule has 0 aromatic carbocycles. The number of hydrogen-bond donors (Lipinski definition) is 1. The molecule has 3 nitrogen and oxygen atoms in total. The van der Waals surface area contributed by atoms with Gasteiger partial charge in [0, 0.05) is 19.3 Å². The molecule has 0 bridgehead atoms. The van der Waals surface area contributed by atoms with Gasteiger partial charge in [-0.15, -0.1) is 6.58 Å². The largest absolute Gasteiger partial charge is 0.426 e. The van der Waals surface area contributed by atoms with Crippen LogP contribution in [0.3, 0.4) is 0 Å². The summed E-state index contributed by atoms with van der Waals surface area (Å²) in [5.74, 6) is 0. The SMILES string of the molecule is C=CC[Si](N)(OCC)OCC. The molecule has 0 saturated heterocycles. The van der Waals surface area contributed by atoms with Crippen LogP contribution in [-0.2, 0) is 8.85 Å².